The maximum atomic E-state index is 9.49. The van der Waals surface area contributed by atoms with E-state index in [0.717, 1.165) is 16.8 Å². The number of benzene rings is 1. The first-order valence-electron chi connectivity index (χ1n) is 7.33. The van der Waals surface area contributed by atoms with Crippen molar-refractivity contribution in [1.82, 2.24) is 10.2 Å². The van der Waals surface area contributed by atoms with E-state index in [2.05, 4.69) is 42.2 Å². The fourth-order valence-electron chi connectivity index (χ4n) is 2.93. The van der Waals surface area contributed by atoms with Crippen LogP contribution in [0.25, 0.3) is 0 Å². The standard InChI is InChI=1S/C17H18N4O/c1-9(2)11-4-6-12(7-5-11)15-13(8-18)16(19)22-17-14(15)10(3)20-21-17/h4-7,9,13,15,19H,1-3H3,(H,20,21). The number of ether oxygens (including phenoxy) is 1. The van der Waals surface area contributed by atoms with Crippen LogP contribution in [0.2, 0.25) is 0 Å². The number of aryl methyl sites for hydroxylation is 1. The van der Waals surface area contributed by atoms with Gasteiger partial charge in [-0.25, -0.2) is 0 Å². The molecule has 0 saturated carbocycles. The van der Waals surface area contributed by atoms with E-state index >= 15 is 0 Å². The van der Waals surface area contributed by atoms with Crippen molar-refractivity contribution in [2.45, 2.75) is 32.6 Å². The zero-order valence-corrected chi connectivity index (χ0v) is 12.8. The molecule has 2 aromatic rings. The third-order valence-electron chi connectivity index (χ3n) is 4.19. The summed E-state index contributed by atoms with van der Waals surface area (Å²) in [7, 11) is 0. The summed E-state index contributed by atoms with van der Waals surface area (Å²) in [5.74, 6) is -0.0266. The Balaban J connectivity index is 2.11. The van der Waals surface area contributed by atoms with E-state index in [1.807, 2.05) is 19.1 Å². The van der Waals surface area contributed by atoms with Gasteiger partial charge in [-0.1, -0.05) is 38.1 Å². The Morgan fingerprint density at radius 1 is 1.32 bits per heavy atom. The molecule has 0 bridgehead atoms. The molecule has 0 radical (unpaired) electrons. The minimum atomic E-state index is -0.631. The van der Waals surface area contributed by atoms with Crippen LogP contribution in [0.1, 0.15) is 48.1 Å². The molecule has 0 fully saturated rings. The van der Waals surface area contributed by atoms with Gasteiger partial charge >= 0.3 is 0 Å². The second-order valence-corrected chi connectivity index (χ2v) is 5.94. The molecule has 5 heteroatoms. The van der Waals surface area contributed by atoms with Crippen LogP contribution in [0.4, 0.5) is 0 Å². The zero-order chi connectivity index (χ0) is 15.9. The minimum Gasteiger partial charge on any atom is -0.422 e. The Bertz CT molecular complexity index is 752. The Kier molecular flexibility index (Phi) is 3.45. The number of aromatic nitrogens is 2. The van der Waals surface area contributed by atoms with E-state index in [0.29, 0.717) is 11.8 Å². The molecule has 22 heavy (non-hydrogen) atoms. The van der Waals surface area contributed by atoms with E-state index in [1.54, 1.807) is 0 Å². The summed E-state index contributed by atoms with van der Waals surface area (Å²) in [6.07, 6.45) is 0. The van der Waals surface area contributed by atoms with Crippen LogP contribution in [0.5, 0.6) is 5.88 Å². The Hall–Kier alpha value is -2.61. The van der Waals surface area contributed by atoms with Gasteiger partial charge < -0.3 is 4.74 Å². The van der Waals surface area contributed by atoms with Crippen molar-refractivity contribution in [2.24, 2.45) is 5.92 Å². The second-order valence-electron chi connectivity index (χ2n) is 5.94. The molecule has 2 N–H and O–H groups in total. The van der Waals surface area contributed by atoms with Gasteiger partial charge in [0.25, 0.3) is 0 Å². The van der Waals surface area contributed by atoms with Crippen LogP contribution in [0.3, 0.4) is 0 Å². The zero-order valence-electron chi connectivity index (χ0n) is 12.8. The molecule has 2 atom stereocenters. The van der Waals surface area contributed by atoms with Crippen molar-refractivity contribution < 1.29 is 4.74 Å². The van der Waals surface area contributed by atoms with Gasteiger partial charge in [0.05, 0.1) is 6.07 Å². The summed E-state index contributed by atoms with van der Waals surface area (Å²) in [4.78, 5) is 0. The first-order chi connectivity index (χ1) is 10.5. The van der Waals surface area contributed by atoms with Crippen molar-refractivity contribution in [1.29, 1.82) is 10.7 Å². The lowest BCUT2D eigenvalue weighted by molar-refractivity contribution is 0.436. The normalized spacial score (nSPS) is 20.4. The summed E-state index contributed by atoms with van der Waals surface area (Å²) in [6, 6.07) is 10.5. The Morgan fingerprint density at radius 2 is 2.00 bits per heavy atom. The van der Waals surface area contributed by atoms with Crippen molar-refractivity contribution in [3.63, 3.8) is 0 Å². The van der Waals surface area contributed by atoms with Gasteiger partial charge in [0, 0.05) is 17.2 Å². The van der Waals surface area contributed by atoms with Gasteiger partial charge in [0.15, 0.2) is 0 Å². The number of nitrogens with zero attached hydrogens (tertiary/aromatic N) is 2. The van der Waals surface area contributed by atoms with E-state index in [-0.39, 0.29) is 11.8 Å². The van der Waals surface area contributed by atoms with Gasteiger partial charge in [-0.3, -0.25) is 10.5 Å². The van der Waals surface area contributed by atoms with Crippen LogP contribution in [0, 0.1) is 29.6 Å². The average Bonchev–Trinajstić information content (AvgIpc) is 2.87. The van der Waals surface area contributed by atoms with Gasteiger partial charge in [-0.05, 0) is 24.0 Å². The van der Waals surface area contributed by atoms with Crippen molar-refractivity contribution in [2.75, 3.05) is 0 Å². The maximum Gasteiger partial charge on any atom is 0.243 e. The molecule has 5 nitrogen and oxygen atoms in total. The average molecular weight is 294 g/mol. The Morgan fingerprint density at radius 3 is 2.59 bits per heavy atom. The quantitative estimate of drug-likeness (QED) is 0.889. The molecule has 1 aliphatic rings. The first kappa shape index (κ1) is 14.3. The first-order valence-corrected chi connectivity index (χ1v) is 7.33. The van der Waals surface area contributed by atoms with Crippen molar-refractivity contribution in [3.05, 3.63) is 46.6 Å². The van der Waals surface area contributed by atoms with Crippen LogP contribution in [-0.4, -0.2) is 16.1 Å². The number of nitriles is 1. The molecule has 2 heterocycles. The fraction of sp³-hybridized carbons (Fsp3) is 0.353. The number of hydrogen-bond donors (Lipinski definition) is 2. The number of fused-ring (bicyclic) bond motifs is 1. The van der Waals surface area contributed by atoms with Crippen molar-refractivity contribution in [3.8, 4) is 11.9 Å². The summed E-state index contributed by atoms with van der Waals surface area (Å²) < 4.78 is 5.39. The summed E-state index contributed by atoms with van der Waals surface area (Å²) >= 11 is 0. The minimum absolute atomic E-state index is 0.0422. The highest BCUT2D eigenvalue weighted by Gasteiger charge is 2.39. The van der Waals surface area contributed by atoms with Crippen LogP contribution in [-0.2, 0) is 0 Å². The molecule has 2 unspecified atom stereocenters. The monoisotopic (exact) mass is 294 g/mol. The third-order valence-corrected chi connectivity index (χ3v) is 4.19. The number of aromatic amines is 1. The summed E-state index contributed by atoms with van der Waals surface area (Å²) in [6.45, 7) is 6.21. The lowest BCUT2D eigenvalue weighted by atomic mass is 9.79. The molecule has 0 spiro atoms. The molecular weight excluding hydrogens is 276 g/mol. The predicted octanol–water partition coefficient (Wildman–Crippen LogP) is 3.48. The van der Waals surface area contributed by atoms with E-state index in [1.165, 1.54) is 5.56 Å². The molecule has 1 aromatic heterocycles. The molecule has 3 rings (SSSR count). The highest BCUT2D eigenvalue weighted by atomic mass is 16.5. The molecule has 0 aliphatic carbocycles. The van der Waals surface area contributed by atoms with Crippen LogP contribution >= 0.6 is 0 Å². The SMILES string of the molecule is Cc1[nH]nc2c1C(c1ccc(C(C)C)cc1)C(C#N)C(=N)O2. The molecular formula is C17H18N4O. The molecule has 1 aliphatic heterocycles. The van der Waals surface area contributed by atoms with Crippen molar-refractivity contribution >= 4 is 5.90 Å². The van der Waals surface area contributed by atoms with E-state index < -0.39 is 5.92 Å². The largest absolute Gasteiger partial charge is 0.422 e. The van der Waals surface area contributed by atoms with Crippen LogP contribution in [0.15, 0.2) is 24.3 Å². The smallest absolute Gasteiger partial charge is 0.243 e. The number of H-pyrrole nitrogens is 1. The summed E-state index contributed by atoms with van der Waals surface area (Å²) in [5, 5.41) is 24.5. The van der Waals surface area contributed by atoms with Gasteiger partial charge in [0.2, 0.25) is 11.8 Å². The topological polar surface area (TPSA) is 85.5 Å². The molecule has 1 aromatic carbocycles. The Labute approximate surface area is 129 Å². The predicted molar refractivity (Wildman–Crippen MR) is 83.2 cm³/mol. The van der Waals surface area contributed by atoms with E-state index in [4.69, 9.17) is 10.1 Å². The van der Waals surface area contributed by atoms with Crippen LogP contribution < -0.4 is 4.74 Å². The molecule has 0 saturated heterocycles. The van der Waals surface area contributed by atoms with Gasteiger partial charge in [-0.15, -0.1) is 5.10 Å². The van der Waals surface area contributed by atoms with Gasteiger partial charge in [-0.2, -0.15) is 5.26 Å². The van der Waals surface area contributed by atoms with Gasteiger partial charge in [0.1, 0.15) is 5.92 Å². The lowest BCUT2D eigenvalue weighted by Gasteiger charge is -2.28. The summed E-state index contributed by atoms with van der Waals surface area (Å²) in [5.41, 5.74) is 4.01. The molecule has 112 valence electrons. The number of hydrogen-bond acceptors (Lipinski definition) is 4. The lowest BCUT2D eigenvalue weighted by Crippen LogP contribution is -2.30. The fourth-order valence-corrected chi connectivity index (χ4v) is 2.93. The van der Waals surface area contributed by atoms with E-state index in [9.17, 15) is 5.26 Å². The number of nitrogens with one attached hydrogen (secondary N) is 2. The third kappa shape index (κ3) is 2.17. The highest BCUT2D eigenvalue weighted by molar-refractivity contribution is 5.84. The maximum absolute atomic E-state index is 9.49. The molecule has 0 amide bonds. The highest BCUT2D eigenvalue weighted by Crippen LogP contribution is 2.42. The number of rotatable bonds is 2. The second kappa shape index (κ2) is 5.30.